The number of aromatic nitrogens is 2. The first-order valence-electron chi connectivity index (χ1n) is 7.67. The van der Waals surface area contributed by atoms with Gasteiger partial charge in [0.25, 0.3) is 5.56 Å². The molecule has 1 N–H and O–H groups in total. The molecular weight excluding hydrogens is 252 g/mol. The summed E-state index contributed by atoms with van der Waals surface area (Å²) < 4.78 is 1.58. The van der Waals surface area contributed by atoms with Gasteiger partial charge >= 0.3 is 0 Å². The van der Waals surface area contributed by atoms with E-state index in [1.54, 1.807) is 10.7 Å². The average Bonchev–Trinajstić information content (AvgIpc) is 2.94. The largest absolute Gasteiger partial charge is 0.370 e. The topological polar surface area (TPSA) is 50.2 Å². The fraction of sp³-hybridized carbons (Fsp3) is 0.733. The maximum absolute atomic E-state index is 12.2. The van der Waals surface area contributed by atoms with Gasteiger partial charge in [-0.1, -0.05) is 20.8 Å². The summed E-state index contributed by atoms with van der Waals surface area (Å²) in [6, 6.07) is 2.00. The molecule has 0 amide bonds. The Kier molecular flexibility index (Phi) is 5.17. The Hall–Kier alpha value is -1.36. The molecule has 0 bridgehead atoms. The number of hydrogen-bond donors (Lipinski definition) is 1. The molecule has 5 nitrogen and oxygen atoms in total. The van der Waals surface area contributed by atoms with Crippen molar-refractivity contribution in [3.05, 3.63) is 22.6 Å². The van der Waals surface area contributed by atoms with Gasteiger partial charge in [0.15, 0.2) is 0 Å². The summed E-state index contributed by atoms with van der Waals surface area (Å²) in [5, 5.41) is 7.77. The minimum absolute atomic E-state index is 0.00190. The predicted molar refractivity (Wildman–Crippen MR) is 82.2 cm³/mol. The van der Waals surface area contributed by atoms with Gasteiger partial charge in [-0.05, 0) is 25.3 Å². The smallest absolute Gasteiger partial charge is 0.268 e. The fourth-order valence-corrected chi connectivity index (χ4v) is 2.67. The molecule has 112 valence electrons. The molecule has 1 saturated heterocycles. The monoisotopic (exact) mass is 278 g/mol. The molecule has 2 rings (SSSR count). The van der Waals surface area contributed by atoms with Crippen molar-refractivity contribution in [3.8, 4) is 0 Å². The van der Waals surface area contributed by atoms with E-state index < -0.39 is 0 Å². The summed E-state index contributed by atoms with van der Waals surface area (Å²) in [6.45, 7) is 10.0. The van der Waals surface area contributed by atoms with Crippen LogP contribution in [0.15, 0.2) is 17.1 Å². The van der Waals surface area contributed by atoms with Gasteiger partial charge in [-0.3, -0.25) is 4.79 Å². The minimum Gasteiger partial charge on any atom is -0.370 e. The first-order valence-corrected chi connectivity index (χ1v) is 7.67. The Morgan fingerprint density at radius 3 is 2.60 bits per heavy atom. The van der Waals surface area contributed by atoms with E-state index in [0.717, 1.165) is 25.3 Å². The molecule has 0 radical (unpaired) electrons. The van der Waals surface area contributed by atoms with Crippen LogP contribution in [0, 0.1) is 5.92 Å². The highest BCUT2D eigenvalue weighted by Gasteiger charge is 2.16. The van der Waals surface area contributed by atoms with Gasteiger partial charge in [0.05, 0.1) is 18.4 Å². The van der Waals surface area contributed by atoms with E-state index in [1.165, 1.54) is 12.8 Å². The van der Waals surface area contributed by atoms with E-state index in [0.29, 0.717) is 12.5 Å². The number of likely N-dealkylation sites (N-methyl/N-ethyl adjacent to an activating group) is 1. The summed E-state index contributed by atoms with van der Waals surface area (Å²) >= 11 is 0. The molecule has 0 aromatic carbocycles. The molecule has 20 heavy (non-hydrogen) atoms. The molecule has 1 aromatic heterocycles. The van der Waals surface area contributed by atoms with Crippen molar-refractivity contribution in [3.63, 3.8) is 0 Å². The van der Waals surface area contributed by atoms with Crippen LogP contribution < -0.4 is 15.8 Å². The molecule has 0 spiro atoms. The van der Waals surface area contributed by atoms with Gasteiger partial charge in [-0.15, -0.1) is 0 Å². The first kappa shape index (κ1) is 15.0. The lowest BCUT2D eigenvalue weighted by Gasteiger charge is -2.22. The lowest BCUT2D eigenvalue weighted by Crippen LogP contribution is -2.41. The van der Waals surface area contributed by atoms with Crippen LogP contribution in [0.1, 0.15) is 33.6 Å². The highest BCUT2D eigenvalue weighted by molar-refractivity contribution is 5.43. The molecule has 1 aliphatic heterocycles. The Labute approximate surface area is 121 Å². The van der Waals surface area contributed by atoms with Gasteiger partial charge in [-0.2, -0.15) is 5.10 Å². The van der Waals surface area contributed by atoms with Gasteiger partial charge in [0.1, 0.15) is 0 Å². The van der Waals surface area contributed by atoms with Crippen molar-refractivity contribution in [1.82, 2.24) is 15.1 Å². The second-order valence-corrected chi connectivity index (χ2v) is 5.84. The van der Waals surface area contributed by atoms with Crippen LogP contribution in [0.3, 0.4) is 0 Å². The maximum atomic E-state index is 12.2. The zero-order chi connectivity index (χ0) is 14.5. The van der Waals surface area contributed by atoms with Crippen LogP contribution in [0.25, 0.3) is 0 Å². The molecule has 2 heterocycles. The lowest BCUT2D eigenvalue weighted by molar-refractivity contribution is 0.342. The molecule has 1 aliphatic rings. The highest BCUT2D eigenvalue weighted by Crippen LogP contribution is 2.16. The summed E-state index contributed by atoms with van der Waals surface area (Å²) in [7, 11) is 0. The molecular formula is C15H26N4O. The van der Waals surface area contributed by atoms with Crippen LogP contribution in [-0.4, -0.2) is 35.5 Å². The van der Waals surface area contributed by atoms with Crippen LogP contribution >= 0.6 is 0 Å². The molecule has 5 heteroatoms. The third-order valence-corrected chi connectivity index (χ3v) is 3.97. The fourth-order valence-electron chi connectivity index (χ4n) is 2.67. The molecule has 1 unspecified atom stereocenters. The Bertz CT molecular complexity index is 477. The Balaban J connectivity index is 2.10. The van der Waals surface area contributed by atoms with Crippen LogP contribution in [0.5, 0.6) is 0 Å². The third kappa shape index (κ3) is 3.60. The van der Waals surface area contributed by atoms with Crippen LogP contribution in [0.2, 0.25) is 0 Å². The molecule has 1 atom stereocenters. The highest BCUT2D eigenvalue weighted by atomic mass is 16.1. The number of nitrogens with zero attached hydrogens (tertiary/aromatic N) is 3. The normalized spacial score (nSPS) is 16.9. The zero-order valence-electron chi connectivity index (χ0n) is 12.8. The number of nitrogens with one attached hydrogen (secondary N) is 1. The van der Waals surface area contributed by atoms with Gasteiger partial charge in [0, 0.05) is 25.2 Å². The van der Waals surface area contributed by atoms with Crippen LogP contribution in [-0.2, 0) is 6.54 Å². The van der Waals surface area contributed by atoms with Crippen LogP contribution in [0.4, 0.5) is 5.69 Å². The van der Waals surface area contributed by atoms with E-state index in [-0.39, 0.29) is 11.6 Å². The average molecular weight is 278 g/mol. The summed E-state index contributed by atoms with van der Waals surface area (Å²) in [4.78, 5) is 14.4. The zero-order valence-corrected chi connectivity index (χ0v) is 12.8. The van der Waals surface area contributed by atoms with E-state index >= 15 is 0 Å². The Morgan fingerprint density at radius 1 is 1.35 bits per heavy atom. The summed E-state index contributed by atoms with van der Waals surface area (Å²) in [5.41, 5.74) is 0.964. The molecule has 0 aliphatic carbocycles. The van der Waals surface area contributed by atoms with E-state index in [1.807, 2.05) is 6.20 Å². The SMILES string of the molecule is CCNC(Cn1ncc(N2CCCC2)cc1=O)C(C)C. The first-order chi connectivity index (χ1) is 9.61. The van der Waals surface area contributed by atoms with Crippen molar-refractivity contribution in [1.29, 1.82) is 0 Å². The number of anilines is 1. The van der Waals surface area contributed by atoms with Crippen molar-refractivity contribution >= 4 is 5.69 Å². The predicted octanol–water partition coefficient (Wildman–Crippen LogP) is 1.48. The second kappa shape index (κ2) is 6.88. The van der Waals surface area contributed by atoms with E-state index in [9.17, 15) is 4.79 Å². The summed E-state index contributed by atoms with van der Waals surface area (Å²) in [6.07, 6.45) is 4.24. The van der Waals surface area contributed by atoms with Gasteiger partial charge in [0.2, 0.25) is 0 Å². The molecule has 1 aromatic rings. The number of rotatable bonds is 6. The van der Waals surface area contributed by atoms with Crippen molar-refractivity contribution in [2.75, 3.05) is 24.5 Å². The maximum Gasteiger partial charge on any atom is 0.268 e. The van der Waals surface area contributed by atoms with Gasteiger partial charge in [-0.25, -0.2) is 4.68 Å². The van der Waals surface area contributed by atoms with E-state index in [2.05, 4.69) is 36.1 Å². The quantitative estimate of drug-likeness (QED) is 0.856. The van der Waals surface area contributed by atoms with Crippen molar-refractivity contribution in [2.24, 2.45) is 5.92 Å². The standard InChI is InChI=1S/C15H26N4O/c1-4-16-14(12(2)3)11-19-15(20)9-13(10-17-19)18-7-5-6-8-18/h9-10,12,14,16H,4-8,11H2,1-3H3. The molecule has 0 saturated carbocycles. The van der Waals surface area contributed by atoms with E-state index in [4.69, 9.17) is 0 Å². The Morgan fingerprint density at radius 2 is 2.05 bits per heavy atom. The second-order valence-electron chi connectivity index (χ2n) is 5.84. The lowest BCUT2D eigenvalue weighted by atomic mass is 10.0. The van der Waals surface area contributed by atoms with Crippen molar-refractivity contribution < 1.29 is 0 Å². The van der Waals surface area contributed by atoms with Gasteiger partial charge < -0.3 is 10.2 Å². The minimum atomic E-state index is -0.00190. The van der Waals surface area contributed by atoms with Crippen molar-refractivity contribution in [2.45, 2.75) is 46.2 Å². The number of hydrogen-bond acceptors (Lipinski definition) is 4. The molecule has 1 fully saturated rings. The summed E-state index contributed by atoms with van der Waals surface area (Å²) in [5.74, 6) is 0.474. The third-order valence-electron chi connectivity index (χ3n) is 3.97.